The molecule has 0 spiro atoms. The number of aromatic nitrogens is 1. The average molecular weight is 362 g/mol. The number of esters is 1. The van der Waals surface area contributed by atoms with Gasteiger partial charge in [-0.15, -0.1) is 11.6 Å². The van der Waals surface area contributed by atoms with E-state index in [4.69, 9.17) is 21.1 Å². The summed E-state index contributed by atoms with van der Waals surface area (Å²) in [6.45, 7) is 1.82. The molecule has 1 amide bonds. The van der Waals surface area contributed by atoms with Crippen molar-refractivity contribution >= 4 is 29.2 Å². The number of hydrogen-bond acceptors (Lipinski definition) is 5. The zero-order chi connectivity index (χ0) is 18.4. The van der Waals surface area contributed by atoms with Crippen LogP contribution in [0.5, 0.6) is 5.75 Å². The number of alkyl halides is 1. The number of ether oxygens (including phenoxy) is 2. The van der Waals surface area contributed by atoms with Gasteiger partial charge in [0, 0.05) is 11.9 Å². The fourth-order valence-electron chi connectivity index (χ4n) is 2.24. The van der Waals surface area contributed by atoms with E-state index >= 15 is 0 Å². The van der Waals surface area contributed by atoms with Crippen molar-refractivity contribution in [3.05, 3.63) is 41.7 Å². The third-order valence-corrected chi connectivity index (χ3v) is 3.57. The van der Waals surface area contributed by atoms with Crippen molar-refractivity contribution in [1.82, 2.24) is 4.57 Å². The van der Waals surface area contributed by atoms with Crippen LogP contribution in [0.3, 0.4) is 0 Å². The number of nitrogens with zero attached hydrogens (tertiary/aromatic N) is 2. The van der Waals surface area contributed by atoms with E-state index in [1.165, 1.54) is 10.8 Å². The summed E-state index contributed by atoms with van der Waals surface area (Å²) in [5.74, 6) is -0.855. The summed E-state index contributed by atoms with van der Waals surface area (Å²) in [6, 6.07) is 8.83. The molecule has 1 heterocycles. The minimum atomic E-state index is -0.662. The Morgan fingerprint density at radius 1 is 1.32 bits per heavy atom. The second-order valence-corrected chi connectivity index (χ2v) is 5.12. The van der Waals surface area contributed by atoms with Gasteiger partial charge in [-0.2, -0.15) is 5.26 Å². The maximum atomic E-state index is 12.4. The van der Waals surface area contributed by atoms with Gasteiger partial charge in [0.15, 0.2) is 5.69 Å². The largest absolute Gasteiger partial charge is 0.497 e. The van der Waals surface area contributed by atoms with Crippen molar-refractivity contribution in [3.63, 3.8) is 0 Å². The zero-order valence-corrected chi connectivity index (χ0v) is 14.5. The van der Waals surface area contributed by atoms with Crippen molar-refractivity contribution in [2.45, 2.75) is 6.92 Å². The van der Waals surface area contributed by atoms with Crippen LogP contribution in [-0.2, 0) is 9.53 Å². The Balaban J connectivity index is 2.63. The first kappa shape index (κ1) is 18.4. The topological polar surface area (TPSA) is 93.4 Å². The molecule has 0 unspecified atom stereocenters. The number of anilines is 1. The Bertz CT molecular complexity index is 822. The molecule has 25 heavy (non-hydrogen) atoms. The first-order valence-electron chi connectivity index (χ1n) is 7.38. The summed E-state index contributed by atoms with van der Waals surface area (Å²) in [5.41, 5.74) is 0.841. The van der Waals surface area contributed by atoms with Gasteiger partial charge in [-0.05, 0) is 31.2 Å². The second kappa shape index (κ2) is 8.22. The fraction of sp³-hybridized carbons (Fsp3) is 0.235. The number of nitrogens with one attached hydrogen (secondary N) is 1. The zero-order valence-electron chi connectivity index (χ0n) is 13.7. The number of carbonyl (C=O) groups excluding carboxylic acids is 2. The van der Waals surface area contributed by atoms with Crippen molar-refractivity contribution in [2.75, 3.05) is 24.9 Å². The number of rotatable bonds is 6. The van der Waals surface area contributed by atoms with Crippen LogP contribution in [0.15, 0.2) is 30.5 Å². The SMILES string of the molecule is CCOC(=O)c1c(NC(=O)CCl)c(C#N)cn1-c1ccc(OC)cc1. The maximum absolute atomic E-state index is 12.4. The Morgan fingerprint density at radius 3 is 2.52 bits per heavy atom. The first-order valence-corrected chi connectivity index (χ1v) is 7.91. The van der Waals surface area contributed by atoms with Crippen LogP contribution in [0, 0.1) is 11.3 Å². The molecule has 7 nitrogen and oxygen atoms in total. The lowest BCUT2D eigenvalue weighted by Gasteiger charge is -2.11. The molecule has 0 saturated heterocycles. The molecule has 1 aromatic heterocycles. The highest BCUT2D eigenvalue weighted by molar-refractivity contribution is 6.29. The van der Waals surface area contributed by atoms with E-state index in [-0.39, 0.29) is 29.4 Å². The summed E-state index contributed by atoms with van der Waals surface area (Å²) in [5, 5.41) is 11.9. The monoisotopic (exact) mass is 361 g/mol. The number of amides is 1. The maximum Gasteiger partial charge on any atom is 0.357 e. The molecular formula is C17H16ClN3O4. The number of halogens is 1. The summed E-state index contributed by atoms with van der Waals surface area (Å²) in [4.78, 5) is 24.1. The van der Waals surface area contributed by atoms with Crippen molar-refractivity contribution < 1.29 is 19.1 Å². The Labute approximate surface area is 149 Å². The van der Waals surface area contributed by atoms with Crippen LogP contribution in [-0.4, -0.2) is 36.0 Å². The molecule has 0 aliphatic carbocycles. The number of carbonyl (C=O) groups is 2. The molecule has 0 atom stereocenters. The van der Waals surface area contributed by atoms with E-state index in [1.807, 2.05) is 6.07 Å². The van der Waals surface area contributed by atoms with E-state index in [1.54, 1.807) is 38.3 Å². The minimum Gasteiger partial charge on any atom is -0.497 e. The summed E-state index contributed by atoms with van der Waals surface area (Å²) >= 11 is 5.52. The number of benzene rings is 1. The Kier molecular flexibility index (Phi) is 6.03. The molecule has 130 valence electrons. The van der Waals surface area contributed by atoms with Crippen molar-refractivity contribution in [2.24, 2.45) is 0 Å². The molecule has 0 saturated carbocycles. The quantitative estimate of drug-likeness (QED) is 0.630. The van der Waals surface area contributed by atoms with Gasteiger partial charge >= 0.3 is 5.97 Å². The number of nitriles is 1. The van der Waals surface area contributed by atoms with Crippen LogP contribution < -0.4 is 10.1 Å². The molecule has 2 aromatic rings. The predicted molar refractivity (Wildman–Crippen MR) is 92.3 cm³/mol. The molecule has 0 radical (unpaired) electrons. The summed E-state index contributed by atoms with van der Waals surface area (Å²) in [7, 11) is 1.54. The molecule has 0 bridgehead atoms. The minimum absolute atomic E-state index is 0.0435. The van der Waals surface area contributed by atoms with Crippen molar-refractivity contribution in [1.29, 1.82) is 5.26 Å². The fourth-order valence-corrected chi connectivity index (χ4v) is 2.30. The van der Waals surface area contributed by atoms with Gasteiger partial charge < -0.3 is 19.4 Å². The van der Waals surface area contributed by atoms with E-state index < -0.39 is 11.9 Å². The number of hydrogen-bond donors (Lipinski definition) is 1. The van der Waals surface area contributed by atoms with Crippen LogP contribution in [0.1, 0.15) is 23.0 Å². The van der Waals surface area contributed by atoms with E-state index in [0.717, 1.165) is 0 Å². The van der Waals surface area contributed by atoms with Gasteiger partial charge in [0.1, 0.15) is 17.7 Å². The highest BCUT2D eigenvalue weighted by Gasteiger charge is 2.25. The normalized spacial score (nSPS) is 10.0. The Hall–Kier alpha value is -2.98. The second-order valence-electron chi connectivity index (χ2n) is 4.85. The predicted octanol–water partition coefficient (Wildman–Crippen LogP) is 2.71. The first-order chi connectivity index (χ1) is 12.0. The summed E-state index contributed by atoms with van der Waals surface area (Å²) in [6.07, 6.45) is 1.46. The van der Waals surface area contributed by atoms with E-state index in [2.05, 4.69) is 5.32 Å². The molecule has 0 aliphatic rings. The van der Waals surface area contributed by atoms with Gasteiger partial charge in [0.05, 0.1) is 25.0 Å². The van der Waals surface area contributed by atoms with Crippen LogP contribution in [0.4, 0.5) is 5.69 Å². The molecular weight excluding hydrogens is 346 g/mol. The smallest absolute Gasteiger partial charge is 0.357 e. The Morgan fingerprint density at radius 2 is 2.00 bits per heavy atom. The van der Waals surface area contributed by atoms with Crippen molar-refractivity contribution in [3.8, 4) is 17.5 Å². The average Bonchev–Trinajstić information content (AvgIpc) is 3.00. The van der Waals surface area contributed by atoms with Gasteiger partial charge in [-0.3, -0.25) is 4.79 Å². The lowest BCUT2D eigenvalue weighted by molar-refractivity contribution is -0.113. The molecule has 1 aromatic carbocycles. The van der Waals surface area contributed by atoms with E-state index in [0.29, 0.717) is 11.4 Å². The lowest BCUT2D eigenvalue weighted by atomic mass is 10.2. The highest BCUT2D eigenvalue weighted by Crippen LogP contribution is 2.28. The lowest BCUT2D eigenvalue weighted by Crippen LogP contribution is -2.18. The van der Waals surface area contributed by atoms with Gasteiger partial charge in [0.2, 0.25) is 5.91 Å². The molecule has 1 N–H and O–H groups in total. The number of methoxy groups -OCH3 is 1. The molecule has 0 aliphatic heterocycles. The molecule has 2 rings (SSSR count). The highest BCUT2D eigenvalue weighted by atomic mass is 35.5. The summed E-state index contributed by atoms with van der Waals surface area (Å²) < 4.78 is 11.7. The molecule has 8 heteroatoms. The van der Waals surface area contributed by atoms with E-state index in [9.17, 15) is 14.9 Å². The van der Waals surface area contributed by atoms with Gasteiger partial charge in [-0.25, -0.2) is 4.79 Å². The van der Waals surface area contributed by atoms with Gasteiger partial charge in [0.25, 0.3) is 0 Å². The molecule has 0 fully saturated rings. The van der Waals surface area contributed by atoms with Crippen LogP contribution in [0.25, 0.3) is 5.69 Å². The van der Waals surface area contributed by atoms with Crippen LogP contribution in [0.2, 0.25) is 0 Å². The standard InChI is InChI=1S/C17H16ClN3O4/c1-3-25-17(23)16-15(20-14(22)8-18)11(9-19)10-21(16)12-4-6-13(24-2)7-5-12/h4-7,10H,3,8H2,1-2H3,(H,20,22). The van der Waals surface area contributed by atoms with Crippen LogP contribution >= 0.6 is 11.6 Å². The third kappa shape index (κ3) is 3.92. The third-order valence-electron chi connectivity index (χ3n) is 3.33. The van der Waals surface area contributed by atoms with Gasteiger partial charge in [-0.1, -0.05) is 0 Å².